The average molecular weight is 308 g/mol. The smallest absolute Gasteiger partial charge is 0.262 e. The van der Waals surface area contributed by atoms with E-state index in [4.69, 9.17) is 4.98 Å². The van der Waals surface area contributed by atoms with Crippen LogP contribution in [-0.2, 0) is 19.4 Å². The van der Waals surface area contributed by atoms with Crippen LogP contribution in [-0.4, -0.2) is 16.2 Å². The Labute approximate surface area is 127 Å². The third-order valence-electron chi connectivity index (χ3n) is 4.27. The second-order valence-electron chi connectivity index (χ2n) is 6.30. The fourth-order valence-electron chi connectivity index (χ4n) is 3.18. The first-order valence-corrected chi connectivity index (χ1v) is 8.45. The molecule has 114 valence electrons. The summed E-state index contributed by atoms with van der Waals surface area (Å²) in [5.41, 5.74) is 1.13. The SMILES string of the molecule is CC1CCc2c(sc3nc(C(C)C)n(CCF)c(=O)c23)C1. The summed E-state index contributed by atoms with van der Waals surface area (Å²) < 4.78 is 14.4. The van der Waals surface area contributed by atoms with Crippen molar-refractivity contribution in [1.82, 2.24) is 9.55 Å². The molecule has 0 N–H and O–H groups in total. The molecule has 0 saturated carbocycles. The zero-order valence-corrected chi connectivity index (χ0v) is 13.6. The molecule has 0 aliphatic heterocycles. The highest BCUT2D eigenvalue weighted by atomic mass is 32.1. The van der Waals surface area contributed by atoms with E-state index in [9.17, 15) is 9.18 Å². The normalized spacial score (nSPS) is 18.4. The van der Waals surface area contributed by atoms with Gasteiger partial charge in [-0.2, -0.15) is 0 Å². The summed E-state index contributed by atoms with van der Waals surface area (Å²) in [6.07, 6.45) is 3.10. The number of fused-ring (bicyclic) bond motifs is 3. The van der Waals surface area contributed by atoms with Crippen LogP contribution in [0.3, 0.4) is 0 Å². The lowest BCUT2D eigenvalue weighted by Crippen LogP contribution is -2.27. The van der Waals surface area contributed by atoms with Gasteiger partial charge in [0.05, 0.1) is 11.9 Å². The molecule has 0 fully saturated rings. The minimum absolute atomic E-state index is 0.0478. The molecular formula is C16H21FN2OS. The van der Waals surface area contributed by atoms with E-state index in [0.717, 1.165) is 29.5 Å². The second-order valence-corrected chi connectivity index (χ2v) is 7.39. The summed E-state index contributed by atoms with van der Waals surface area (Å²) in [5.74, 6) is 1.49. The molecule has 0 amide bonds. The van der Waals surface area contributed by atoms with Crippen LogP contribution in [0.1, 0.15) is 49.4 Å². The number of aromatic nitrogens is 2. The van der Waals surface area contributed by atoms with E-state index in [1.54, 1.807) is 11.3 Å². The quantitative estimate of drug-likeness (QED) is 0.867. The van der Waals surface area contributed by atoms with Gasteiger partial charge < -0.3 is 0 Å². The maximum absolute atomic E-state index is 12.8. The number of nitrogens with zero attached hydrogens (tertiary/aromatic N) is 2. The molecule has 1 unspecified atom stereocenters. The van der Waals surface area contributed by atoms with Gasteiger partial charge in [0.15, 0.2) is 0 Å². The van der Waals surface area contributed by atoms with Gasteiger partial charge in [0.1, 0.15) is 17.3 Å². The van der Waals surface area contributed by atoms with E-state index in [2.05, 4.69) is 6.92 Å². The monoisotopic (exact) mass is 308 g/mol. The Balaban J connectivity index is 2.29. The molecule has 1 aliphatic rings. The van der Waals surface area contributed by atoms with Crippen LogP contribution in [0.15, 0.2) is 4.79 Å². The summed E-state index contributed by atoms with van der Waals surface area (Å²) >= 11 is 1.66. The molecule has 3 nitrogen and oxygen atoms in total. The van der Waals surface area contributed by atoms with Crippen molar-refractivity contribution in [1.29, 1.82) is 0 Å². The molecule has 2 aromatic rings. The molecule has 0 bridgehead atoms. The van der Waals surface area contributed by atoms with E-state index < -0.39 is 6.67 Å². The van der Waals surface area contributed by atoms with Crippen LogP contribution in [0.2, 0.25) is 0 Å². The van der Waals surface area contributed by atoms with Gasteiger partial charge in [-0.3, -0.25) is 9.36 Å². The lowest BCUT2D eigenvalue weighted by molar-refractivity contribution is 0.427. The van der Waals surface area contributed by atoms with Gasteiger partial charge in [-0.15, -0.1) is 11.3 Å². The van der Waals surface area contributed by atoms with Crippen LogP contribution in [0, 0.1) is 5.92 Å². The first kappa shape index (κ1) is 14.7. The molecule has 2 aromatic heterocycles. The van der Waals surface area contributed by atoms with Crippen LogP contribution in [0.5, 0.6) is 0 Å². The summed E-state index contributed by atoms with van der Waals surface area (Å²) in [6.45, 7) is 5.82. The molecule has 21 heavy (non-hydrogen) atoms. The molecule has 5 heteroatoms. The Hall–Kier alpha value is -1.23. The molecule has 3 rings (SSSR count). The van der Waals surface area contributed by atoms with Crippen LogP contribution < -0.4 is 5.56 Å². The predicted octanol–water partition coefficient (Wildman–Crippen LogP) is 3.68. The zero-order valence-electron chi connectivity index (χ0n) is 12.8. The molecule has 1 aliphatic carbocycles. The van der Waals surface area contributed by atoms with Crippen LogP contribution in [0.25, 0.3) is 10.2 Å². The van der Waals surface area contributed by atoms with Crippen molar-refractivity contribution >= 4 is 21.6 Å². The largest absolute Gasteiger partial charge is 0.293 e. The van der Waals surface area contributed by atoms with Gasteiger partial charge in [-0.1, -0.05) is 20.8 Å². The van der Waals surface area contributed by atoms with Gasteiger partial charge in [0, 0.05) is 10.8 Å². The minimum atomic E-state index is -0.532. The fraction of sp³-hybridized carbons (Fsp3) is 0.625. The van der Waals surface area contributed by atoms with Gasteiger partial charge in [0.2, 0.25) is 0 Å². The minimum Gasteiger partial charge on any atom is -0.293 e. The predicted molar refractivity (Wildman–Crippen MR) is 85.1 cm³/mol. The highest BCUT2D eigenvalue weighted by molar-refractivity contribution is 7.18. The Morgan fingerprint density at radius 2 is 2.24 bits per heavy atom. The first-order chi connectivity index (χ1) is 10.0. The lowest BCUT2D eigenvalue weighted by atomic mass is 9.89. The van der Waals surface area contributed by atoms with Crippen molar-refractivity contribution in [2.24, 2.45) is 5.92 Å². The molecule has 0 saturated heterocycles. The van der Waals surface area contributed by atoms with Crippen LogP contribution >= 0.6 is 11.3 Å². The van der Waals surface area contributed by atoms with E-state index in [0.29, 0.717) is 11.7 Å². The number of hydrogen-bond donors (Lipinski definition) is 0. The van der Waals surface area contributed by atoms with E-state index >= 15 is 0 Å². The van der Waals surface area contributed by atoms with Gasteiger partial charge in [-0.05, 0) is 30.7 Å². The summed E-state index contributed by atoms with van der Waals surface area (Å²) in [7, 11) is 0. The zero-order chi connectivity index (χ0) is 15.1. The van der Waals surface area contributed by atoms with E-state index in [-0.39, 0.29) is 18.0 Å². The van der Waals surface area contributed by atoms with E-state index in [1.807, 2.05) is 13.8 Å². The van der Waals surface area contributed by atoms with Crippen molar-refractivity contribution in [3.05, 3.63) is 26.6 Å². The van der Waals surface area contributed by atoms with Crippen molar-refractivity contribution in [2.75, 3.05) is 6.67 Å². The Morgan fingerprint density at radius 1 is 1.48 bits per heavy atom. The molecular weight excluding hydrogens is 287 g/mol. The third kappa shape index (κ3) is 2.41. The van der Waals surface area contributed by atoms with Crippen LogP contribution in [0.4, 0.5) is 4.39 Å². The molecule has 0 spiro atoms. The standard InChI is InChI=1S/C16H21FN2OS/c1-9(2)14-18-15-13(16(20)19(14)7-6-17)11-5-4-10(3)8-12(11)21-15/h9-10H,4-8H2,1-3H3. The van der Waals surface area contributed by atoms with Gasteiger partial charge in [0.25, 0.3) is 5.56 Å². The maximum atomic E-state index is 12.8. The number of halogens is 1. The molecule has 1 atom stereocenters. The Morgan fingerprint density at radius 3 is 2.90 bits per heavy atom. The second kappa shape index (κ2) is 5.52. The van der Waals surface area contributed by atoms with E-state index in [1.165, 1.54) is 15.0 Å². The summed E-state index contributed by atoms with van der Waals surface area (Å²) in [6, 6.07) is 0. The molecule has 2 heterocycles. The number of thiophene rings is 1. The Bertz CT molecular complexity index is 732. The third-order valence-corrected chi connectivity index (χ3v) is 5.42. The first-order valence-electron chi connectivity index (χ1n) is 7.63. The summed E-state index contributed by atoms with van der Waals surface area (Å²) in [4.78, 5) is 19.7. The summed E-state index contributed by atoms with van der Waals surface area (Å²) in [5, 5.41) is 0.750. The van der Waals surface area contributed by atoms with Crippen molar-refractivity contribution in [2.45, 2.75) is 52.5 Å². The fourth-order valence-corrected chi connectivity index (χ4v) is 4.56. The van der Waals surface area contributed by atoms with Crippen molar-refractivity contribution < 1.29 is 4.39 Å². The van der Waals surface area contributed by atoms with Crippen molar-refractivity contribution in [3.8, 4) is 0 Å². The molecule has 0 aromatic carbocycles. The average Bonchev–Trinajstić information content (AvgIpc) is 2.79. The van der Waals surface area contributed by atoms with Gasteiger partial charge >= 0.3 is 0 Å². The van der Waals surface area contributed by atoms with Gasteiger partial charge in [-0.25, -0.2) is 9.37 Å². The number of aryl methyl sites for hydroxylation is 1. The highest BCUT2D eigenvalue weighted by Gasteiger charge is 2.24. The maximum Gasteiger partial charge on any atom is 0.262 e. The number of hydrogen-bond acceptors (Lipinski definition) is 3. The molecule has 0 radical (unpaired) electrons. The topological polar surface area (TPSA) is 34.9 Å². The Kier molecular flexibility index (Phi) is 3.86. The lowest BCUT2D eigenvalue weighted by Gasteiger charge is -2.18. The number of rotatable bonds is 3. The number of alkyl halides is 1. The van der Waals surface area contributed by atoms with Crippen molar-refractivity contribution in [3.63, 3.8) is 0 Å². The highest BCUT2D eigenvalue weighted by Crippen LogP contribution is 2.36.